The van der Waals surface area contributed by atoms with Gasteiger partial charge in [0.25, 0.3) is 10.0 Å². The molecule has 0 saturated heterocycles. The second-order valence-corrected chi connectivity index (χ2v) is 6.56. The highest BCUT2D eigenvalue weighted by Crippen LogP contribution is 2.29. The Bertz CT molecular complexity index is 732. The maximum Gasteiger partial charge on any atom is 0.261 e. The van der Waals surface area contributed by atoms with E-state index < -0.39 is 10.0 Å². The summed E-state index contributed by atoms with van der Waals surface area (Å²) in [4.78, 5) is 0.111. The van der Waals surface area contributed by atoms with Gasteiger partial charge in [-0.2, -0.15) is 0 Å². The van der Waals surface area contributed by atoms with Gasteiger partial charge in [0.15, 0.2) is 0 Å². The van der Waals surface area contributed by atoms with Crippen molar-refractivity contribution in [1.29, 1.82) is 0 Å². The van der Waals surface area contributed by atoms with Crippen molar-refractivity contribution in [3.05, 3.63) is 46.9 Å². The molecule has 0 aliphatic rings. The number of ether oxygens (including phenoxy) is 1. The zero-order valence-corrected chi connectivity index (χ0v) is 13.0. The van der Waals surface area contributed by atoms with Crippen LogP contribution in [-0.2, 0) is 10.0 Å². The number of sulfonamides is 1. The molecule has 0 unspecified atom stereocenters. The van der Waals surface area contributed by atoms with E-state index in [1.54, 1.807) is 30.3 Å². The van der Waals surface area contributed by atoms with Gasteiger partial charge < -0.3 is 10.5 Å². The van der Waals surface area contributed by atoms with Crippen molar-refractivity contribution in [3.8, 4) is 5.75 Å². The third-order valence-corrected chi connectivity index (χ3v) is 4.61. The smallest absolute Gasteiger partial charge is 0.261 e. The summed E-state index contributed by atoms with van der Waals surface area (Å²) in [5.41, 5.74) is 6.40. The van der Waals surface area contributed by atoms with E-state index in [2.05, 4.69) is 20.7 Å². The van der Waals surface area contributed by atoms with E-state index in [1.165, 1.54) is 19.2 Å². The third-order valence-electron chi connectivity index (χ3n) is 2.57. The van der Waals surface area contributed by atoms with Gasteiger partial charge in [0.1, 0.15) is 5.75 Å². The van der Waals surface area contributed by atoms with Gasteiger partial charge >= 0.3 is 0 Å². The summed E-state index contributed by atoms with van der Waals surface area (Å²) in [7, 11) is -2.16. The van der Waals surface area contributed by atoms with Gasteiger partial charge in [-0.3, -0.25) is 4.72 Å². The topological polar surface area (TPSA) is 81.4 Å². The van der Waals surface area contributed by atoms with Crippen molar-refractivity contribution in [3.63, 3.8) is 0 Å². The molecular formula is C13H13BrN2O3S. The summed E-state index contributed by atoms with van der Waals surface area (Å²) in [5, 5.41) is 0. The quantitative estimate of drug-likeness (QED) is 0.825. The summed E-state index contributed by atoms with van der Waals surface area (Å²) in [6.07, 6.45) is 0. The summed E-state index contributed by atoms with van der Waals surface area (Å²) >= 11 is 3.31. The zero-order valence-electron chi connectivity index (χ0n) is 10.6. The first-order valence-corrected chi connectivity index (χ1v) is 7.92. The van der Waals surface area contributed by atoms with E-state index in [4.69, 9.17) is 10.5 Å². The van der Waals surface area contributed by atoms with Gasteiger partial charge in [0.2, 0.25) is 0 Å². The molecule has 0 bridgehead atoms. The predicted octanol–water partition coefficient (Wildman–Crippen LogP) is 2.84. The first-order valence-electron chi connectivity index (χ1n) is 5.64. The molecule has 0 aromatic heterocycles. The average Bonchev–Trinajstić information content (AvgIpc) is 2.40. The van der Waals surface area contributed by atoms with E-state index >= 15 is 0 Å². The van der Waals surface area contributed by atoms with Crippen LogP contribution in [0, 0.1) is 0 Å². The molecule has 0 fully saturated rings. The molecular weight excluding hydrogens is 344 g/mol. The molecule has 0 aliphatic heterocycles. The Kier molecular flexibility index (Phi) is 4.20. The number of nitrogens with one attached hydrogen (secondary N) is 1. The lowest BCUT2D eigenvalue weighted by Crippen LogP contribution is -2.13. The largest absolute Gasteiger partial charge is 0.495 e. The van der Waals surface area contributed by atoms with Gasteiger partial charge in [0, 0.05) is 11.8 Å². The SMILES string of the molecule is COc1cc(NS(=O)(=O)c2cccc(N)c2)ccc1Br. The molecule has 0 atom stereocenters. The van der Waals surface area contributed by atoms with Crippen LogP contribution >= 0.6 is 15.9 Å². The number of nitrogens with two attached hydrogens (primary N) is 1. The maximum atomic E-state index is 12.2. The summed E-state index contributed by atoms with van der Waals surface area (Å²) in [6, 6.07) is 11.0. The zero-order chi connectivity index (χ0) is 14.8. The molecule has 7 heteroatoms. The third kappa shape index (κ3) is 3.23. The van der Waals surface area contributed by atoms with Crippen LogP contribution in [0.25, 0.3) is 0 Å². The van der Waals surface area contributed by atoms with Crippen molar-refractivity contribution in [2.45, 2.75) is 4.90 Å². The number of nitrogen functional groups attached to an aromatic ring is 1. The van der Waals surface area contributed by atoms with E-state index in [0.717, 1.165) is 4.47 Å². The van der Waals surface area contributed by atoms with E-state index in [1.807, 2.05) is 0 Å². The van der Waals surface area contributed by atoms with E-state index in [9.17, 15) is 8.42 Å². The minimum absolute atomic E-state index is 0.111. The maximum absolute atomic E-state index is 12.2. The van der Waals surface area contributed by atoms with Crippen LogP contribution < -0.4 is 15.2 Å². The lowest BCUT2D eigenvalue weighted by atomic mass is 10.3. The van der Waals surface area contributed by atoms with Crippen molar-refractivity contribution in [1.82, 2.24) is 0 Å². The monoisotopic (exact) mass is 356 g/mol. The molecule has 3 N–H and O–H groups in total. The highest BCUT2D eigenvalue weighted by atomic mass is 79.9. The average molecular weight is 357 g/mol. The number of benzene rings is 2. The van der Waals surface area contributed by atoms with Crippen LogP contribution in [0.5, 0.6) is 5.75 Å². The van der Waals surface area contributed by atoms with Crippen molar-refractivity contribution < 1.29 is 13.2 Å². The molecule has 20 heavy (non-hydrogen) atoms. The number of halogens is 1. The fourth-order valence-corrected chi connectivity index (χ4v) is 3.13. The summed E-state index contributed by atoms with van der Waals surface area (Å²) in [5.74, 6) is 0.540. The van der Waals surface area contributed by atoms with Gasteiger partial charge in [-0.1, -0.05) is 6.07 Å². The minimum atomic E-state index is -3.67. The molecule has 0 amide bonds. The van der Waals surface area contributed by atoms with Crippen molar-refractivity contribution in [2.75, 3.05) is 17.6 Å². The van der Waals surface area contributed by atoms with Gasteiger partial charge in [0.05, 0.1) is 22.2 Å². The van der Waals surface area contributed by atoms with Crippen LogP contribution in [0.2, 0.25) is 0 Å². The van der Waals surface area contributed by atoms with Crippen molar-refractivity contribution >= 4 is 37.3 Å². The molecule has 0 radical (unpaired) electrons. The highest BCUT2D eigenvalue weighted by molar-refractivity contribution is 9.10. The number of hydrogen-bond donors (Lipinski definition) is 2. The lowest BCUT2D eigenvalue weighted by Gasteiger charge is -2.10. The van der Waals surface area contributed by atoms with Crippen LogP contribution in [-0.4, -0.2) is 15.5 Å². The molecule has 0 aliphatic carbocycles. The molecule has 2 aromatic rings. The normalized spacial score (nSPS) is 11.1. The summed E-state index contributed by atoms with van der Waals surface area (Å²) < 4.78 is 32.8. The Balaban J connectivity index is 2.33. The fourth-order valence-electron chi connectivity index (χ4n) is 1.62. The molecule has 0 heterocycles. The van der Waals surface area contributed by atoms with Gasteiger partial charge in [-0.25, -0.2) is 8.42 Å². The lowest BCUT2D eigenvalue weighted by molar-refractivity contribution is 0.412. The summed E-state index contributed by atoms with van der Waals surface area (Å²) in [6.45, 7) is 0. The number of anilines is 2. The van der Waals surface area contributed by atoms with Gasteiger partial charge in [-0.05, 0) is 46.3 Å². The Morgan fingerprint density at radius 2 is 1.95 bits per heavy atom. The molecule has 2 aromatic carbocycles. The Labute approximate surface area is 125 Å². The Morgan fingerprint density at radius 1 is 1.20 bits per heavy atom. The predicted molar refractivity (Wildman–Crippen MR) is 82.4 cm³/mol. The number of methoxy groups -OCH3 is 1. The van der Waals surface area contributed by atoms with Crippen LogP contribution in [0.4, 0.5) is 11.4 Å². The number of hydrogen-bond acceptors (Lipinski definition) is 4. The first-order chi connectivity index (χ1) is 9.42. The van der Waals surface area contributed by atoms with Crippen molar-refractivity contribution in [2.24, 2.45) is 0 Å². The van der Waals surface area contributed by atoms with E-state index in [-0.39, 0.29) is 4.90 Å². The standard InChI is InChI=1S/C13H13BrN2O3S/c1-19-13-8-10(5-6-12(13)14)16-20(17,18)11-4-2-3-9(15)7-11/h2-8,16H,15H2,1H3. The van der Waals surface area contributed by atoms with Gasteiger partial charge in [-0.15, -0.1) is 0 Å². The Morgan fingerprint density at radius 3 is 2.60 bits per heavy atom. The fraction of sp³-hybridized carbons (Fsp3) is 0.0769. The second kappa shape index (κ2) is 5.72. The molecule has 106 valence electrons. The number of rotatable bonds is 4. The first kappa shape index (κ1) is 14.7. The molecule has 0 spiro atoms. The van der Waals surface area contributed by atoms with Crippen LogP contribution in [0.3, 0.4) is 0 Å². The van der Waals surface area contributed by atoms with E-state index in [0.29, 0.717) is 17.1 Å². The molecule has 0 saturated carbocycles. The highest BCUT2D eigenvalue weighted by Gasteiger charge is 2.15. The van der Waals surface area contributed by atoms with Crippen LogP contribution in [0.1, 0.15) is 0 Å². The minimum Gasteiger partial charge on any atom is -0.495 e. The van der Waals surface area contributed by atoms with Crippen LogP contribution in [0.15, 0.2) is 51.8 Å². The molecule has 5 nitrogen and oxygen atoms in total. The molecule has 2 rings (SSSR count). The Hall–Kier alpha value is -1.73. The second-order valence-electron chi connectivity index (χ2n) is 4.03.